The van der Waals surface area contributed by atoms with Crippen molar-refractivity contribution < 1.29 is 4.79 Å². The highest BCUT2D eigenvalue weighted by molar-refractivity contribution is 5.85. The number of hydrogen-bond acceptors (Lipinski definition) is 1. The molecule has 0 aromatic heterocycles. The minimum Gasteiger partial charge on any atom is -0.299 e. The van der Waals surface area contributed by atoms with Crippen molar-refractivity contribution in [2.45, 2.75) is 85.5 Å². The molecule has 0 aliphatic heterocycles. The zero-order chi connectivity index (χ0) is 16.4. The summed E-state index contributed by atoms with van der Waals surface area (Å²) in [6.45, 7) is 9.86. The standard InChI is InChI=1S/C22H36O/c1-14-5-7-18-16-10-12-22(4)19(23)8-6-15(2)20(22)17(16)9-11-21(18,3)13-14/h14-18,20H,5-13H2,1-4H3/t14?,15-,16?,17?,18?,20?,21-,22?/m1/s1. The van der Waals surface area contributed by atoms with Crippen molar-refractivity contribution in [2.24, 2.45) is 46.3 Å². The van der Waals surface area contributed by atoms with Crippen LogP contribution in [0.4, 0.5) is 0 Å². The summed E-state index contributed by atoms with van der Waals surface area (Å²) in [5.74, 6) is 5.70. The van der Waals surface area contributed by atoms with Gasteiger partial charge in [-0.05, 0) is 85.9 Å². The Morgan fingerprint density at radius 3 is 2.43 bits per heavy atom. The topological polar surface area (TPSA) is 17.1 Å². The van der Waals surface area contributed by atoms with E-state index in [1.165, 1.54) is 44.9 Å². The van der Waals surface area contributed by atoms with E-state index in [2.05, 4.69) is 27.7 Å². The van der Waals surface area contributed by atoms with Gasteiger partial charge in [0.1, 0.15) is 5.78 Å². The number of hydrogen-bond donors (Lipinski definition) is 0. The van der Waals surface area contributed by atoms with Crippen LogP contribution in [0.1, 0.15) is 85.5 Å². The molecule has 0 aromatic carbocycles. The minimum atomic E-state index is 0.0224. The number of ketones is 1. The molecule has 0 heterocycles. The average molecular weight is 317 g/mol. The molecule has 130 valence electrons. The molecular formula is C22H36O. The lowest BCUT2D eigenvalue weighted by molar-refractivity contribution is -0.158. The van der Waals surface area contributed by atoms with E-state index in [1.54, 1.807) is 0 Å². The summed E-state index contributed by atoms with van der Waals surface area (Å²) >= 11 is 0. The molecule has 4 aliphatic rings. The fourth-order valence-corrected chi connectivity index (χ4v) is 8.06. The Balaban J connectivity index is 1.65. The van der Waals surface area contributed by atoms with E-state index in [-0.39, 0.29) is 5.41 Å². The van der Waals surface area contributed by atoms with Gasteiger partial charge in [0.25, 0.3) is 0 Å². The third-order valence-corrected chi connectivity index (χ3v) is 9.07. The number of carbonyl (C=O) groups is 1. The van der Waals surface area contributed by atoms with Crippen LogP contribution in [0.3, 0.4) is 0 Å². The normalized spacial score (nSPS) is 56.4. The predicted molar refractivity (Wildman–Crippen MR) is 95.1 cm³/mol. The van der Waals surface area contributed by atoms with Crippen molar-refractivity contribution in [1.82, 2.24) is 0 Å². The van der Waals surface area contributed by atoms with Crippen LogP contribution in [0.2, 0.25) is 0 Å². The summed E-state index contributed by atoms with van der Waals surface area (Å²) in [5, 5.41) is 0. The molecule has 4 saturated carbocycles. The van der Waals surface area contributed by atoms with Gasteiger partial charge in [-0.25, -0.2) is 0 Å². The largest absolute Gasteiger partial charge is 0.299 e. The van der Waals surface area contributed by atoms with Crippen LogP contribution in [0.5, 0.6) is 0 Å². The van der Waals surface area contributed by atoms with Crippen LogP contribution in [-0.4, -0.2) is 5.78 Å². The van der Waals surface area contributed by atoms with Gasteiger partial charge in [-0.3, -0.25) is 4.79 Å². The van der Waals surface area contributed by atoms with E-state index in [0.29, 0.717) is 17.1 Å². The second kappa shape index (κ2) is 5.33. The summed E-state index contributed by atoms with van der Waals surface area (Å²) < 4.78 is 0. The van der Waals surface area contributed by atoms with Crippen molar-refractivity contribution in [2.75, 3.05) is 0 Å². The molecule has 0 bridgehead atoms. The zero-order valence-corrected chi connectivity index (χ0v) is 15.7. The highest BCUT2D eigenvalue weighted by Crippen LogP contribution is 2.64. The third kappa shape index (κ3) is 2.28. The Bertz CT molecular complexity index is 496. The molecule has 4 aliphatic carbocycles. The molecule has 0 aromatic rings. The second-order valence-electron chi connectivity index (χ2n) is 10.4. The maximum absolute atomic E-state index is 12.8. The molecule has 1 nitrogen and oxygen atoms in total. The molecule has 0 amide bonds. The lowest BCUT2D eigenvalue weighted by atomic mass is 9.42. The Labute approximate surface area is 143 Å². The van der Waals surface area contributed by atoms with Crippen LogP contribution in [0.15, 0.2) is 0 Å². The zero-order valence-electron chi connectivity index (χ0n) is 15.7. The van der Waals surface area contributed by atoms with Gasteiger partial charge in [-0.2, -0.15) is 0 Å². The number of carbonyl (C=O) groups excluding carboxylic acids is 1. The van der Waals surface area contributed by atoms with Crippen LogP contribution in [0.25, 0.3) is 0 Å². The molecule has 6 unspecified atom stereocenters. The number of rotatable bonds is 0. The third-order valence-electron chi connectivity index (χ3n) is 9.07. The van der Waals surface area contributed by atoms with E-state index >= 15 is 0 Å². The van der Waals surface area contributed by atoms with Crippen molar-refractivity contribution >= 4 is 5.78 Å². The Kier molecular flexibility index (Phi) is 3.75. The lowest BCUT2D eigenvalue weighted by Crippen LogP contribution is -2.57. The monoisotopic (exact) mass is 316 g/mol. The molecule has 8 atom stereocenters. The molecule has 23 heavy (non-hydrogen) atoms. The van der Waals surface area contributed by atoms with E-state index < -0.39 is 0 Å². The van der Waals surface area contributed by atoms with Crippen LogP contribution in [-0.2, 0) is 4.79 Å². The minimum absolute atomic E-state index is 0.0224. The lowest BCUT2D eigenvalue weighted by Gasteiger charge is -2.62. The average Bonchev–Trinajstić information content (AvgIpc) is 2.50. The van der Waals surface area contributed by atoms with Gasteiger partial charge in [0.2, 0.25) is 0 Å². The highest BCUT2D eigenvalue weighted by Gasteiger charge is 2.59. The summed E-state index contributed by atoms with van der Waals surface area (Å²) in [5.41, 5.74) is 0.628. The maximum atomic E-state index is 12.8. The molecular weight excluding hydrogens is 280 g/mol. The molecule has 0 radical (unpaired) electrons. The Morgan fingerprint density at radius 1 is 0.913 bits per heavy atom. The summed E-state index contributed by atoms with van der Waals surface area (Å²) in [4.78, 5) is 12.8. The molecule has 0 saturated heterocycles. The maximum Gasteiger partial charge on any atom is 0.139 e. The van der Waals surface area contributed by atoms with Crippen LogP contribution >= 0.6 is 0 Å². The fourth-order valence-electron chi connectivity index (χ4n) is 8.06. The second-order valence-corrected chi connectivity index (χ2v) is 10.4. The van der Waals surface area contributed by atoms with E-state index in [1.807, 2.05) is 0 Å². The van der Waals surface area contributed by atoms with Gasteiger partial charge >= 0.3 is 0 Å². The van der Waals surface area contributed by atoms with Gasteiger partial charge in [-0.15, -0.1) is 0 Å². The van der Waals surface area contributed by atoms with Crippen molar-refractivity contribution in [3.63, 3.8) is 0 Å². The first-order valence-electron chi connectivity index (χ1n) is 10.4. The van der Waals surface area contributed by atoms with Crippen molar-refractivity contribution in [3.05, 3.63) is 0 Å². The van der Waals surface area contributed by atoms with Crippen molar-refractivity contribution in [3.8, 4) is 0 Å². The van der Waals surface area contributed by atoms with Crippen LogP contribution in [0, 0.1) is 46.3 Å². The summed E-state index contributed by atoms with van der Waals surface area (Å²) in [7, 11) is 0. The summed E-state index contributed by atoms with van der Waals surface area (Å²) in [6, 6.07) is 0. The quantitative estimate of drug-likeness (QED) is 0.546. The molecule has 0 spiro atoms. The van der Waals surface area contributed by atoms with Gasteiger partial charge in [0.05, 0.1) is 0 Å². The van der Waals surface area contributed by atoms with Gasteiger partial charge < -0.3 is 0 Å². The Hall–Kier alpha value is -0.330. The van der Waals surface area contributed by atoms with Crippen LogP contribution < -0.4 is 0 Å². The number of fused-ring (bicyclic) bond motifs is 5. The summed E-state index contributed by atoms with van der Waals surface area (Å²) in [6.07, 6.45) is 11.7. The van der Waals surface area contributed by atoms with E-state index in [0.717, 1.165) is 42.4 Å². The van der Waals surface area contributed by atoms with Gasteiger partial charge in [-0.1, -0.05) is 34.1 Å². The Morgan fingerprint density at radius 2 is 1.65 bits per heavy atom. The first kappa shape index (κ1) is 16.2. The van der Waals surface area contributed by atoms with E-state index in [9.17, 15) is 4.79 Å². The fraction of sp³-hybridized carbons (Fsp3) is 0.955. The van der Waals surface area contributed by atoms with Gasteiger partial charge in [0.15, 0.2) is 0 Å². The molecule has 4 fully saturated rings. The molecule has 1 heteroatoms. The number of Topliss-reactive ketones (excluding diaryl/α,β-unsaturated/α-hetero) is 1. The highest BCUT2D eigenvalue weighted by atomic mass is 16.1. The predicted octanol–water partition coefficient (Wildman–Crippen LogP) is 5.87. The SMILES string of the molecule is CC1CCC2C3CCC4(C)C(=O)CC[C@@H](C)C4C3CC[C@]2(C)C1. The smallest absolute Gasteiger partial charge is 0.139 e. The van der Waals surface area contributed by atoms with Crippen molar-refractivity contribution in [1.29, 1.82) is 0 Å². The first-order chi connectivity index (χ1) is 10.8. The van der Waals surface area contributed by atoms with Gasteiger partial charge in [0, 0.05) is 11.8 Å². The molecule has 4 rings (SSSR count). The van der Waals surface area contributed by atoms with E-state index in [4.69, 9.17) is 0 Å². The first-order valence-corrected chi connectivity index (χ1v) is 10.4. The molecule has 0 N–H and O–H groups in total.